The van der Waals surface area contributed by atoms with Gasteiger partial charge in [0.2, 0.25) is 0 Å². The van der Waals surface area contributed by atoms with E-state index in [-0.39, 0.29) is 5.92 Å². The van der Waals surface area contributed by atoms with Gasteiger partial charge in [-0.3, -0.25) is 4.79 Å². The van der Waals surface area contributed by atoms with Crippen LogP contribution in [0.15, 0.2) is 22.8 Å². The van der Waals surface area contributed by atoms with E-state index in [1.807, 2.05) is 13.0 Å². The standard InChI is InChI=1S/C10H14O3/c1-2-4-8(10(11)12)7-9-5-3-6-13-9/h3,5-6,8H,2,4,7H2,1H3,(H,11,12). The van der Waals surface area contributed by atoms with Crippen LogP contribution in [0.2, 0.25) is 0 Å². The molecule has 3 nitrogen and oxygen atoms in total. The molecule has 0 radical (unpaired) electrons. The van der Waals surface area contributed by atoms with Crippen molar-refractivity contribution in [2.24, 2.45) is 5.92 Å². The van der Waals surface area contributed by atoms with Gasteiger partial charge in [-0.15, -0.1) is 0 Å². The SMILES string of the molecule is CCCC(Cc1ccco1)C(=O)O. The quantitative estimate of drug-likeness (QED) is 0.760. The Bertz CT molecular complexity index is 251. The fourth-order valence-electron chi connectivity index (χ4n) is 1.33. The summed E-state index contributed by atoms with van der Waals surface area (Å²) < 4.78 is 5.10. The Morgan fingerprint density at radius 2 is 2.46 bits per heavy atom. The van der Waals surface area contributed by atoms with Crippen molar-refractivity contribution in [2.75, 3.05) is 0 Å². The number of rotatable bonds is 5. The Balaban J connectivity index is 2.52. The lowest BCUT2D eigenvalue weighted by Gasteiger charge is -2.08. The number of carbonyl (C=O) groups is 1. The van der Waals surface area contributed by atoms with Crippen molar-refractivity contribution in [1.82, 2.24) is 0 Å². The topological polar surface area (TPSA) is 50.4 Å². The van der Waals surface area contributed by atoms with Crippen LogP contribution in [0, 0.1) is 5.92 Å². The maximum atomic E-state index is 10.8. The Morgan fingerprint density at radius 1 is 1.69 bits per heavy atom. The number of carboxylic acids is 1. The third kappa shape index (κ3) is 2.93. The van der Waals surface area contributed by atoms with Crippen LogP contribution in [-0.2, 0) is 11.2 Å². The highest BCUT2D eigenvalue weighted by molar-refractivity contribution is 5.70. The molecule has 0 aliphatic heterocycles. The Hall–Kier alpha value is -1.25. The van der Waals surface area contributed by atoms with Gasteiger partial charge in [0.25, 0.3) is 0 Å². The zero-order chi connectivity index (χ0) is 9.68. The Labute approximate surface area is 77.4 Å². The summed E-state index contributed by atoms with van der Waals surface area (Å²) >= 11 is 0. The first-order valence-electron chi connectivity index (χ1n) is 4.49. The van der Waals surface area contributed by atoms with Gasteiger partial charge in [-0.2, -0.15) is 0 Å². The van der Waals surface area contributed by atoms with Crippen LogP contribution in [0.4, 0.5) is 0 Å². The van der Waals surface area contributed by atoms with Crippen molar-refractivity contribution in [1.29, 1.82) is 0 Å². The molecule has 0 aliphatic carbocycles. The lowest BCUT2D eigenvalue weighted by molar-refractivity contribution is -0.142. The Morgan fingerprint density at radius 3 is 2.92 bits per heavy atom. The monoisotopic (exact) mass is 182 g/mol. The van der Waals surface area contributed by atoms with Crippen molar-refractivity contribution in [3.05, 3.63) is 24.2 Å². The summed E-state index contributed by atoms with van der Waals surface area (Å²) in [6, 6.07) is 3.59. The van der Waals surface area contributed by atoms with Crippen LogP contribution in [0.5, 0.6) is 0 Å². The molecule has 72 valence electrons. The molecule has 1 aromatic rings. The average Bonchev–Trinajstić information content (AvgIpc) is 2.56. The molecule has 0 aromatic carbocycles. The van der Waals surface area contributed by atoms with E-state index in [9.17, 15) is 4.79 Å². The lowest BCUT2D eigenvalue weighted by atomic mass is 9.99. The zero-order valence-corrected chi connectivity index (χ0v) is 7.69. The minimum atomic E-state index is -0.738. The molecule has 0 fully saturated rings. The molecule has 1 rings (SSSR count). The van der Waals surface area contributed by atoms with E-state index in [1.54, 1.807) is 12.3 Å². The number of aliphatic carboxylic acids is 1. The fourth-order valence-corrected chi connectivity index (χ4v) is 1.33. The second kappa shape index (κ2) is 4.70. The highest BCUT2D eigenvalue weighted by Crippen LogP contribution is 2.14. The molecular formula is C10H14O3. The van der Waals surface area contributed by atoms with E-state index < -0.39 is 5.97 Å². The van der Waals surface area contributed by atoms with E-state index in [4.69, 9.17) is 9.52 Å². The molecule has 0 spiro atoms. The summed E-state index contributed by atoms with van der Waals surface area (Å²) in [6.45, 7) is 1.98. The number of carboxylic acid groups (broad SMARTS) is 1. The van der Waals surface area contributed by atoms with Crippen LogP contribution < -0.4 is 0 Å². The van der Waals surface area contributed by atoms with Gasteiger partial charge in [-0.25, -0.2) is 0 Å². The maximum absolute atomic E-state index is 10.8. The maximum Gasteiger partial charge on any atom is 0.306 e. The zero-order valence-electron chi connectivity index (χ0n) is 7.69. The van der Waals surface area contributed by atoms with Gasteiger partial charge in [-0.05, 0) is 18.6 Å². The molecule has 1 heterocycles. The minimum Gasteiger partial charge on any atom is -0.481 e. The molecule has 0 amide bonds. The normalized spacial score (nSPS) is 12.7. The second-order valence-corrected chi connectivity index (χ2v) is 3.11. The van der Waals surface area contributed by atoms with Crippen LogP contribution >= 0.6 is 0 Å². The van der Waals surface area contributed by atoms with Gasteiger partial charge in [-0.1, -0.05) is 13.3 Å². The molecule has 13 heavy (non-hydrogen) atoms. The van der Waals surface area contributed by atoms with E-state index in [1.165, 1.54) is 0 Å². The highest BCUT2D eigenvalue weighted by Gasteiger charge is 2.17. The first kappa shape index (κ1) is 9.84. The van der Waals surface area contributed by atoms with Gasteiger partial charge < -0.3 is 9.52 Å². The molecule has 0 bridgehead atoms. The molecule has 0 aliphatic rings. The summed E-state index contributed by atoms with van der Waals surface area (Å²) in [5.74, 6) is -0.296. The average molecular weight is 182 g/mol. The van der Waals surface area contributed by atoms with E-state index >= 15 is 0 Å². The van der Waals surface area contributed by atoms with Gasteiger partial charge in [0.15, 0.2) is 0 Å². The van der Waals surface area contributed by atoms with E-state index in [2.05, 4.69) is 0 Å². The van der Waals surface area contributed by atoms with Gasteiger partial charge in [0, 0.05) is 6.42 Å². The predicted molar refractivity (Wildman–Crippen MR) is 48.4 cm³/mol. The summed E-state index contributed by atoms with van der Waals surface area (Å²) in [6.07, 6.45) is 3.66. The van der Waals surface area contributed by atoms with Gasteiger partial charge in [0.1, 0.15) is 5.76 Å². The van der Waals surface area contributed by atoms with Crippen molar-refractivity contribution < 1.29 is 14.3 Å². The molecule has 0 saturated heterocycles. The third-order valence-corrected chi connectivity index (χ3v) is 2.01. The predicted octanol–water partition coefficient (Wildman–Crippen LogP) is 2.32. The number of hydrogen-bond acceptors (Lipinski definition) is 2. The molecular weight excluding hydrogens is 168 g/mol. The minimum absolute atomic E-state index is 0.309. The summed E-state index contributed by atoms with van der Waals surface area (Å²) in [7, 11) is 0. The first-order valence-corrected chi connectivity index (χ1v) is 4.49. The van der Waals surface area contributed by atoms with Crippen molar-refractivity contribution >= 4 is 5.97 Å². The van der Waals surface area contributed by atoms with Crippen molar-refractivity contribution in [3.63, 3.8) is 0 Å². The van der Waals surface area contributed by atoms with Crippen LogP contribution in [0.3, 0.4) is 0 Å². The van der Waals surface area contributed by atoms with Crippen LogP contribution in [0.25, 0.3) is 0 Å². The second-order valence-electron chi connectivity index (χ2n) is 3.11. The third-order valence-electron chi connectivity index (χ3n) is 2.01. The lowest BCUT2D eigenvalue weighted by Crippen LogP contribution is -2.15. The van der Waals surface area contributed by atoms with Gasteiger partial charge >= 0.3 is 5.97 Å². The smallest absolute Gasteiger partial charge is 0.306 e. The van der Waals surface area contributed by atoms with E-state index in [0.717, 1.165) is 12.2 Å². The molecule has 3 heteroatoms. The van der Waals surface area contributed by atoms with Crippen LogP contribution in [-0.4, -0.2) is 11.1 Å². The summed E-state index contributed by atoms with van der Waals surface area (Å²) in [4.78, 5) is 10.8. The molecule has 1 unspecified atom stereocenters. The first-order chi connectivity index (χ1) is 6.24. The largest absolute Gasteiger partial charge is 0.481 e. The summed E-state index contributed by atoms with van der Waals surface area (Å²) in [5, 5.41) is 8.86. The molecule has 0 saturated carbocycles. The molecule has 1 aromatic heterocycles. The summed E-state index contributed by atoms with van der Waals surface area (Å²) in [5.41, 5.74) is 0. The fraction of sp³-hybridized carbons (Fsp3) is 0.500. The number of hydrogen-bond donors (Lipinski definition) is 1. The van der Waals surface area contributed by atoms with Crippen molar-refractivity contribution in [2.45, 2.75) is 26.2 Å². The Kier molecular flexibility index (Phi) is 3.55. The molecule has 1 N–H and O–H groups in total. The highest BCUT2D eigenvalue weighted by atomic mass is 16.4. The number of furan rings is 1. The van der Waals surface area contributed by atoms with Crippen molar-refractivity contribution in [3.8, 4) is 0 Å². The van der Waals surface area contributed by atoms with E-state index in [0.29, 0.717) is 12.8 Å². The molecule has 1 atom stereocenters. The van der Waals surface area contributed by atoms with Crippen LogP contribution in [0.1, 0.15) is 25.5 Å². The van der Waals surface area contributed by atoms with Gasteiger partial charge in [0.05, 0.1) is 12.2 Å².